The average Bonchev–Trinajstić information content (AvgIpc) is 2.91. The largest absolute Gasteiger partial charge is 0.400 e. The molecule has 0 bridgehead atoms. The second kappa shape index (κ2) is 5.47. The highest BCUT2D eigenvalue weighted by molar-refractivity contribution is 7.81. The molecule has 1 unspecified atom stereocenters. The van der Waals surface area contributed by atoms with Crippen LogP contribution in [0.2, 0.25) is 0 Å². The van der Waals surface area contributed by atoms with E-state index in [0.29, 0.717) is 0 Å². The van der Waals surface area contributed by atoms with Crippen LogP contribution in [0.4, 0.5) is 0 Å². The molecule has 5 heteroatoms. The fraction of sp³-hybridized carbons (Fsp3) is 0.600. The first-order chi connectivity index (χ1) is 9.60. The molecule has 0 aromatic heterocycles. The molecule has 1 heterocycles. The lowest BCUT2D eigenvalue weighted by Crippen LogP contribution is -2.46. The maximum absolute atomic E-state index is 11.6. The Balaban J connectivity index is 1.73. The molecule has 1 spiro atoms. The number of rotatable bonds is 3. The second-order valence-electron chi connectivity index (χ2n) is 5.85. The summed E-state index contributed by atoms with van der Waals surface area (Å²) in [6, 6.07) is 10.1. The first kappa shape index (κ1) is 14.0. The first-order valence-electron chi connectivity index (χ1n) is 7.21. The molecule has 0 N–H and O–H groups in total. The summed E-state index contributed by atoms with van der Waals surface area (Å²) in [5.74, 6) is 0. The van der Waals surface area contributed by atoms with E-state index in [1.807, 2.05) is 18.2 Å². The summed E-state index contributed by atoms with van der Waals surface area (Å²) in [4.78, 5) is 0. The first-order valence-corrected chi connectivity index (χ1v) is 8.55. The summed E-state index contributed by atoms with van der Waals surface area (Å²) in [5.41, 5.74) is 1.12. The predicted octanol–water partition coefficient (Wildman–Crippen LogP) is 2.84. The zero-order valence-corrected chi connectivity index (χ0v) is 12.3. The van der Waals surface area contributed by atoms with Crippen LogP contribution in [0.3, 0.4) is 0 Å². The summed E-state index contributed by atoms with van der Waals surface area (Å²) < 4.78 is 33.4. The topological polar surface area (TPSA) is 52.6 Å². The highest BCUT2D eigenvalue weighted by Crippen LogP contribution is 2.47. The molecular formula is C15H20O4S. The normalized spacial score (nSPS) is 27.7. The quantitative estimate of drug-likeness (QED) is 0.860. The summed E-state index contributed by atoms with van der Waals surface area (Å²) >= 11 is 0. The minimum absolute atomic E-state index is 0.0971. The van der Waals surface area contributed by atoms with Crippen molar-refractivity contribution in [2.24, 2.45) is 5.41 Å². The third kappa shape index (κ3) is 2.90. The molecule has 110 valence electrons. The van der Waals surface area contributed by atoms with E-state index in [9.17, 15) is 8.42 Å². The van der Waals surface area contributed by atoms with Crippen molar-refractivity contribution in [2.75, 3.05) is 6.61 Å². The van der Waals surface area contributed by atoms with E-state index in [1.165, 1.54) is 5.56 Å². The van der Waals surface area contributed by atoms with Gasteiger partial charge in [0.05, 0.1) is 12.7 Å². The van der Waals surface area contributed by atoms with Crippen molar-refractivity contribution in [3.05, 3.63) is 35.9 Å². The Labute approximate surface area is 120 Å². The molecule has 4 nitrogen and oxygen atoms in total. The molecule has 1 aromatic carbocycles. The predicted molar refractivity (Wildman–Crippen MR) is 75.4 cm³/mol. The second-order valence-corrected chi connectivity index (χ2v) is 7.09. The van der Waals surface area contributed by atoms with Gasteiger partial charge < -0.3 is 0 Å². The smallest absolute Gasteiger partial charge is 0.247 e. The molecular weight excluding hydrogens is 276 g/mol. The Morgan fingerprint density at radius 2 is 1.85 bits per heavy atom. The third-order valence-electron chi connectivity index (χ3n) is 4.55. The Morgan fingerprint density at radius 3 is 2.55 bits per heavy atom. The molecule has 1 aliphatic heterocycles. The monoisotopic (exact) mass is 296 g/mol. The van der Waals surface area contributed by atoms with Gasteiger partial charge in [0.1, 0.15) is 0 Å². The van der Waals surface area contributed by atoms with E-state index in [4.69, 9.17) is 8.37 Å². The highest BCUT2D eigenvalue weighted by Gasteiger charge is 2.48. The number of hydrogen-bond donors (Lipinski definition) is 0. The Kier molecular flexibility index (Phi) is 3.84. The van der Waals surface area contributed by atoms with Crippen molar-refractivity contribution in [3.8, 4) is 0 Å². The number of aryl methyl sites for hydroxylation is 1. The molecule has 2 fully saturated rings. The fourth-order valence-electron chi connectivity index (χ4n) is 3.40. The number of hydrogen-bond acceptors (Lipinski definition) is 4. The molecule has 2 aliphatic rings. The highest BCUT2D eigenvalue weighted by atomic mass is 32.3. The van der Waals surface area contributed by atoms with Gasteiger partial charge in [0.2, 0.25) is 0 Å². The lowest BCUT2D eigenvalue weighted by atomic mass is 9.79. The Hall–Kier alpha value is -0.910. The average molecular weight is 296 g/mol. The van der Waals surface area contributed by atoms with Crippen LogP contribution in [0.5, 0.6) is 0 Å². The standard InChI is InChI=1S/C15H20O4S/c16-20(17)18-12-15(10-4-5-11-15)14(19-20)9-8-13-6-2-1-3-7-13/h1-3,6-7,14H,4-5,8-12H2. The van der Waals surface area contributed by atoms with Crippen molar-refractivity contribution in [1.82, 2.24) is 0 Å². The molecule has 1 saturated heterocycles. The Morgan fingerprint density at radius 1 is 1.15 bits per heavy atom. The van der Waals surface area contributed by atoms with Crippen molar-refractivity contribution in [1.29, 1.82) is 0 Å². The van der Waals surface area contributed by atoms with E-state index in [0.717, 1.165) is 38.5 Å². The molecule has 1 aromatic rings. The van der Waals surface area contributed by atoms with Gasteiger partial charge in [0.15, 0.2) is 0 Å². The minimum Gasteiger partial charge on any atom is -0.247 e. The van der Waals surface area contributed by atoms with E-state index in [-0.39, 0.29) is 18.1 Å². The van der Waals surface area contributed by atoms with Gasteiger partial charge in [-0.1, -0.05) is 43.2 Å². The Bertz CT molecular complexity index is 546. The molecule has 20 heavy (non-hydrogen) atoms. The van der Waals surface area contributed by atoms with E-state index in [2.05, 4.69) is 12.1 Å². The van der Waals surface area contributed by atoms with Crippen LogP contribution in [0.15, 0.2) is 30.3 Å². The summed E-state index contributed by atoms with van der Waals surface area (Å²) in [6.45, 7) is 0.286. The van der Waals surface area contributed by atoms with Gasteiger partial charge in [-0.15, -0.1) is 0 Å². The molecule has 0 amide bonds. The summed E-state index contributed by atoms with van der Waals surface area (Å²) in [7, 11) is -3.80. The molecule has 1 aliphatic carbocycles. The zero-order valence-electron chi connectivity index (χ0n) is 11.5. The maximum atomic E-state index is 11.6. The van der Waals surface area contributed by atoms with Crippen molar-refractivity contribution in [2.45, 2.75) is 44.6 Å². The van der Waals surface area contributed by atoms with E-state index >= 15 is 0 Å². The molecule has 1 atom stereocenters. The van der Waals surface area contributed by atoms with Gasteiger partial charge in [-0.2, -0.15) is 8.42 Å². The lowest BCUT2D eigenvalue weighted by molar-refractivity contribution is -0.0391. The van der Waals surface area contributed by atoms with E-state index in [1.54, 1.807) is 0 Å². The van der Waals surface area contributed by atoms with Gasteiger partial charge in [-0.05, 0) is 31.2 Å². The summed E-state index contributed by atoms with van der Waals surface area (Å²) in [5, 5.41) is 0. The maximum Gasteiger partial charge on any atom is 0.400 e. The van der Waals surface area contributed by atoms with Crippen LogP contribution in [0, 0.1) is 5.41 Å². The fourth-order valence-corrected chi connectivity index (χ4v) is 4.42. The van der Waals surface area contributed by atoms with Gasteiger partial charge in [-0.3, -0.25) is 0 Å². The van der Waals surface area contributed by atoms with Crippen LogP contribution >= 0.6 is 0 Å². The third-order valence-corrected chi connectivity index (χ3v) is 5.42. The minimum atomic E-state index is -3.80. The van der Waals surface area contributed by atoms with Gasteiger partial charge in [-0.25, -0.2) is 8.37 Å². The lowest BCUT2D eigenvalue weighted by Gasteiger charge is -2.39. The van der Waals surface area contributed by atoms with Gasteiger partial charge in [0, 0.05) is 5.41 Å². The van der Waals surface area contributed by atoms with Crippen molar-refractivity contribution in [3.63, 3.8) is 0 Å². The molecule has 1 saturated carbocycles. The zero-order chi connectivity index (χ0) is 14.1. The molecule has 0 radical (unpaired) electrons. The van der Waals surface area contributed by atoms with Gasteiger partial charge in [0.25, 0.3) is 0 Å². The van der Waals surface area contributed by atoms with E-state index < -0.39 is 10.4 Å². The van der Waals surface area contributed by atoms with Gasteiger partial charge >= 0.3 is 10.4 Å². The SMILES string of the molecule is O=S1(=O)OCC2(CCCC2)C(CCc2ccccc2)O1. The summed E-state index contributed by atoms with van der Waals surface area (Å²) in [6.07, 6.45) is 5.59. The van der Waals surface area contributed by atoms with Crippen LogP contribution in [-0.2, 0) is 25.2 Å². The van der Waals surface area contributed by atoms with Crippen molar-refractivity contribution >= 4 is 10.4 Å². The van der Waals surface area contributed by atoms with Crippen LogP contribution in [0.25, 0.3) is 0 Å². The van der Waals surface area contributed by atoms with Crippen LogP contribution in [-0.4, -0.2) is 21.1 Å². The number of benzene rings is 1. The van der Waals surface area contributed by atoms with Crippen LogP contribution in [0.1, 0.15) is 37.7 Å². The van der Waals surface area contributed by atoms with Crippen molar-refractivity contribution < 1.29 is 16.8 Å². The van der Waals surface area contributed by atoms with Crippen LogP contribution < -0.4 is 0 Å². The molecule has 3 rings (SSSR count).